The molecule has 15 heavy (non-hydrogen) atoms. The summed E-state index contributed by atoms with van der Waals surface area (Å²) in [6, 6.07) is 1.97. The summed E-state index contributed by atoms with van der Waals surface area (Å²) in [7, 11) is 0. The van der Waals surface area contributed by atoms with E-state index in [2.05, 4.69) is 24.1 Å². The van der Waals surface area contributed by atoms with E-state index in [-0.39, 0.29) is 12.6 Å². The van der Waals surface area contributed by atoms with E-state index in [1.165, 1.54) is 5.56 Å². The Hall–Kier alpha value is -0.930. The van der Waals surface area contributed by atoms with Gasteiger partial charge in [-0.3, -0.25) is 4.98 Å². The number of hydrogen-bond donors (Lipinski definition) is 2. The van der Waals surface area contributed by atoms with Crippen molar-refractivity contribution in [2.24, 2.45) is 5.92 Å². The molecule has 0 spiro atoms. The summed E-state index contributed by atoms with van der Waals surface area (Å²) in [5.74, 6) is 0.580. The van der Waals surface area contributed by atoms with E-state index in [0.717, 1.165) is 12.1 Å². The molecule has 0 saturated carbocycles. The summed E-state index contributed by atoms with van der Waals surface area (Å²) in [6.45, 7) is 7.35. The van der Waals surface area contributed by atoms with Crippen molar-refractivity contribution in [1.29, 1.82) is 0 Å². The van der Waals surface area contributed by atoms with Gasteiger partial charge in [-0.05, 0) is 36.6 Å². The zero-order valence-corrected chi connectivity index (χ0v) is 9.70. The predicted octanol–water partition coefficient (Wildman–Crippen LogP) is 1.67. The summed E-state index contributed by atoms with van der Waals surface area (Å²) in [5.41, 5.74) is 2.25. The van der Waals surface area contributed by atoms with Crippen LogP contribution >= 0.6 is 0 Å². The molecule has 0 aliphatic carbocycles. The van der Waals surface area contributed by atoms with Gasteiger partial charge in [-0.2, -0.15) is 0 Å². The van der Waals surface area contributed by atoms with Crippen LogP contribution in [0.4, 0.5) is 0 Å². The van der Waals surface area contributed by atoms with Gasteiger partial charge in [-0.1, -0.05) is 13.8 Å². The van der Waals surface area contributed by atoms with Gasteiger partial charge >= 0.3 is 0 Å². The SMILES string of the molecule is Cc1ccncc1C(CO)NCC(C)C. The highest BCUT2D eigenvalue weighted by Crippen LogP contribution is 2.15. The van der Waals surface area contributed by atoms with Gasteiger partial charge in [0.05, 0.1) is 12.6 Å². The molecule has 0 amide bonds. The standard InChI is InChI=1S/C12H20N2O/c1-9(2)6-14-12(8-15)11-7-13-5-4-10(11)3/h4-5,7,9,12,14-15H,6,8H2,1-3H3. The van der Waals surface area contributed by atoms with Crippen LogP contribution in [-0.4, -0.2) is 23.2 Å². The van der Waals surface area contributed by atoms with Crippen LogP contribution in [0, 0.1) is 12.8 Å². The van der Waals surface area contributed by atoms with Gasteiger partial charge in [-0.15, -0.1) is 0 Å². The minimum absolute atomic E-state index is 0.00102. The molecule has 3 heteroatoms. The summed E-state index contributed by atoms with van der Waals surface area (Å²) >= 11 is 0. The van der Waals surface area contributed by atoms with Crippen molar-refractivity contribution in [3.8, 4) is 0 Å². The molecule has 0 saturated heterocycles. The number of aryl methyl sites for hydroxylation is 1. The monoisotopic (exact) mass is 208 g/mol. The first kappa shape index (κ1) is 12.1. The molecule has 1 heterocycles. The number of rotatable bonds is 5. The predicted molar refractivity (Wildman–Crippen MR) is 61.6 cm³/mol. The van der Waals surface area contributed by atoms with Crippen LogP contribution in [0.3, 0.4) is 0 Å². The Morgan fingerprint density at radius 1 is 1.47 bits per heavy atom. The maximum atomic E-state index is 9.33. The largest absolute Gasteiger partial charge is 0.394 e. The summed E-state index contributed by atoms with van der Waals surface area (Å²) in [4.78, 5) is 4.09. The molecule has 0 aromatic carbocycles. The number of aromatic nitrogens is 1. The number of hydrogen-bond acceptors (Lipinski definition) is 3. The molecule has 0 bridgehead atoms. The van der Waals surface area contributed by atoms with Crippen molar-refractivity contribution in [2.75, 3.05) is 13.2 Å². The average molecular weight is 208 g/mol. The lowest BCUT2D eigenvalue weighted by molar-refractivity contribution is 0.240. The third-order valence-electron chi connectivity index (χ3n) is 2.41. The van der Waals surface area contributed by atoms with Crippen LogP contribution in [0.15, 0.2) is 18.5 Å². The Balaban J connectivity index is 2.70. The van der Waals surface area contributed by atoms with E-state index < -0.39 is 0 Å². The Kier molecular flexibility index (Phi) is 4.72. The minimum Gasteiger partial charge on any atom is -0.394 e. The normalized spacial score (nSPS) is 13.1. The lowest BCUT2D eigenvalue weighted by Crippen LogP contribution is -2.28. The van der Waals surface area contributed by atoms with Crippen molar-refractivity contribution in [3.05, 3.63) is 29.6 Å². The van der Waals surface area contributed by atoms with Crippen LogP contribution in [-0.2, 0) is 0 Å². The molecule has 1 rings (SSSR count). The van der Waals surface area contributed by atoms with Gasteiger partial charge < -0.3 is 10.4 Å². The van der Waals surface area contributed by atoms with Crippen molar-refractivity contribution < 1.29 is 5.11 Å². The van der Waals surface area contributed by atoms with Gasteiger partial charge in [0.25, 0.3) is 0 Å². The highest BCUT2D eigenvalue weighted by molar-refractivity contribution is 5.25. The van der Waals surface area contributed by atoms with E-state index in [1.54, 1.807) is 6.20 Å². The minimum atomic E-state index is 0.00102. The lowest BCUT2D eigenvalue weighted by atomic mass is 10.0. The highest BCUT2D eigenvalue weighted by Gasteiger charge is 2.12. The molecule has 1 atom stereocenters. The van der Waals surface area contributed by atoms with E-state index >= 15 is 0 Å². The molecule has 1 aromatic heterocycles. The lowest BCUT2D eigenvalue weighted by Gasteiger charge is -2.19. The van der Waals surface area contributed by atoms with E-state index in [0.29, 0.717) is 5.92 Å². The maximum absolute atomic E-state index is 9.33. The number of aliphatic hydroxyl groups excluding tert-OH is 1. The third-order valence-corrected chi connectivity index (χ3v) is 2.41. The van der Waals surface area contributed by atoms with Crippen LogP contribution in [0.1, 0.15) is 31.0 Å². The fraction of sp³-hybridized carbons (Fsp3) is 0.583. The van der Waals surface area contributed by atoms with Crippen molar-refractivity contribution >= 4 is 0 Å². The second kappa shape index (κ2) is 5.83. The van der Waals surface area contributed by atoms with E-state index in [1.807, 2.05) is 19.2 Å². The first-order chi connectivity index (χ1) is 7.15. The Labute approximate surface area is 91.5 Å². The molecule has 0 aliphatic rings. The van der Waals surface area contributed by atoms with Gasteiger partial charge in [0.2, 0.25) is 0 Å². The average Bonchev–Trinajstić information content (AvgIpc) is 2.21. The molecule has 0 fully saturated rings. The first-order valence-corrected chi connectivity index (χ1v) is 5.40. The van der Waals surface area contributed by atoms with Crippen LogP contribution in [0.2, 0.25) is 0 Å². The first-order valence-electron chi connectivity index (χ1n) is 5.40. The number of nitrogens with zero attached hydrogens (tertiary/aromatic N) is 1. The molecule has 1 aromatic rings. The van der Waals surface area contributed by atoms with Gasteiger partial charge in [0.15, 0.2) is 0 Å². The number of nitrogens with one attached hydrogen (secondary N) is 1. The van der Waals surface area contributed by atoms with Crippen molar-refractivity contribution in [3.63, 3.8) is 0 Å². The van der Waals surface area contributed by atoms with E-state index in [9.17, 15) is 5.11 Å². The molecule has 84 valence electrons. The highest BCUT2D eigenvalue weighted by atomic mass is 16.3. The molecule has 0 radical (unpaired) electrons. The number of aliphatic hydroxyl groups is 1. The fourth-order valence-electron chi connectivity index (χ4n) is 1.49. The van der Waals surface area contributed by atoms with Gasteiger partial charge in [0.1, 0.15) is 0 Å². The van der Waals surface area contributed by atoms with Crippen molar-refractivity contribution in [1.82, 2.24) is 10.3 Å². The second-order valence-electron chi connectivity index (χ2n) is 4.27. The molecule has 1 unspecified atom stereocenters. The number of pyridine rings is 1. The smallest absolute Gasteiger partial charge is 0.0627 e. The van der Waals surface area contributed by atoms with Crippen LogP contribution < -0.4 is 5.32 Å². The Morgan fingerprint density at radius 3 is 2.73 bits per heavy atom. The summed E-state index contributed by atoms with van der Waals surface area (Å²) in [6.07, 6.45) is 3.60. The van der Waals surface area contributed by atoms with Crippen LogP contribution in [0.5, 0.6) is 0 Å². The zero-order valence-electron chi connectivity index (χ0n) is 9.70. The third kappa shape index (κ3) is 3.61. The second-order valence-corrected chi connectivity index (χ2v) is 4.27. The quantitative estimate of drug-likeness (QED) is 0.773. The van der Waals surface area contributed by atoms with E-state index in [4.69, 9.17) is 0 Å². The van der Waals surface area contributed by atoms with Gasteiger partial charge in [0, 0.05) is 12.4 Å². The van der Waals surface area contributed by atoms with Crippen LogP contribution in [0.25, 0.3) is 0 Å². The molecule has 0 aliphatic heterocycles. The summed E-state index contributed by atoms with van der Waals surface area (Å²) < 4.78 is 0. The molecule has 3 nitrogen and oxygen atoms in total. The van der Waals surface area contributed by atoms with Gasteiger partial charge in [-0.25, -0.2) is 0 Å². The topological polar surface area (TPSA) is 45.2 Å². The fourth-order valence-corrected chi connectivity index (χ4v) is 1.49. The van der Waals surface area contributed by atoms with Crippen molar-refractivity contribution in [2.45, 2.75) is 26.8 Å². The Morgan fingerprint density at radius 2 is 2.20 bits per heavy atom. The maximum Gasteiger partial charge on any atom is 0.0627 e. The zero-order chi connectivity index (χ0) is 11.3. The molecule has 2 N–H and O–H groups in total. The molecular weight excluding hydrogens is 188 g/mol. The summed E-state index contributed by atoms with van der Waals surface area (Å²) in [5, 5.41) is 12.7. The Bertz CT molecular complexity index is 299. The molecular formula is C12H20N2O.